The van der Waals surface area contributed by atoms with E-state index in [1.807, 2.05) is 12.1 Å². The number of aryl methyl sites for hydroxylation is 2. The maximum atomic E-state index is 12.0. The number of amides is 1. The SMILES string of the molecule is CC(=O)c1cccc(NC(=O)COc2ccc3c(c2)CCC3)c1. The van der Waals surface area contributed by atoms with Gasteiger partial charge in [0.15, 0.2) is 12.4 Å². The van der Waals surface area contributed by atoms with Crippen molar-refractivity contribution in [2.24, 2.45) is 0 Å². The molecule has 0 aliphatic heterocycles. The summed E-state index contributed by atoms with van der Waals surface area (Å²) in [5.41, 5.74) is 3.86. The van der Waals surface area contributed by atoms with Crippen LogP contribution in [0, 0.1) is 0 Å². The summed E-state index contributed by atoms with van der Waals surface area (Å²) in [4.78, 5) is 23.3. The van der Waals surface area contributed by atoms with E-state index in [1.54, 1.807) is 24.3 Å². The quantitative estimate of drug-likeness (QED) is 0.861. The van der Waals surface area contributed by atoms with Crippen LogP contribution in [0.4, 0.5) is 5.69 Å². The molecule has 0 unspecified atom stereocenters. The summed E-state index contributed by atoms with van der Waals surface area (Å²) in [6, 6.07) is 12.9. The van der Waals surface area contributed by atoms with Crippen molar-refractivity contribution in [3.8, 4) is 5.75 Å². The monoisotopic (exact) mass is 309 g/mol. The molecule has 4 heteroatoms. The number of ketones is 1. The van der Waals surface area contributed by atoms with Gasteiger partial charge in [-0.15, -0.1) is 0 Å². The minimum atomic E-state index is -0.244. The van der Waals surface area contributed by atoms with Crippen molar-refractivity contribution in [3.05, 3.63) is 59.2 Å². The second kappa shape index (κ2) is 6.65. The zero-order valence-electron chi connectivity index (χ0n) is 13.1. The third-order valence-electron chi connectivity index (χ3n) is 3.99. The minimum absolute atomic E-state index is 0.0320. The van der Waals surface area contributed by atoms with Gasteiger partial charge in [0.25, 0.3) is 5.91 Å². The van der Waals surface area contributed by atoms with Crippen molar-refractivity contribution in [3.63, 3.8) is 0 Å². The molecule has 1 N–H and O–H groups in total. The summed E-state index contributed by atoms with van der Waals surface area (Å²) in [6.45, 7) is 1.45. The van der Waals surface area contributed by atoms with Crippen LogP contribution in [0.2, 0.25) is 0 Å². The van der Waals surface area contributed by atoms with E-state index in [1.165, 1.54) is 24.5 Å². The average molecular weight is 309 g/mol. The summed E-state index contributed by atoms with van der Waals surface area (Å²) >= 11 is 0. The molecule has 118 valence electrons. The molecule has 0 saturated carbocycles. The molecule has 1 amide bonds. The zero-order valence-corrected chi connectivity index (χ0v) is 13.1. The van der Waals surface area contributed by atoms with E-state index < -0.39 is 0 Å². The molecule has 1 aliphatic rings. The van der Waals surface area contributed by atoms with E-state index in [9.17, 15) is 9.59 Å². The first-order chi connectivity index (χ1) is 11.1. The number of benzene rings is 2. The van der Waals surface area contributed by atoms with Crippen LogP contribution >= 0.6 is 0 Å². The Bertz CT molecular complexity index is 752. The van der Waals surface area contributed by atoms with Crippen LogP contribution in [0.3, 0.4) is 0 Å². The number of anilines is 1. The van der Waals surface area contributed by atoms with Crippen molar-refractivity contribution >= 4 is 17.4 Å². The van der Waals surface area contributed by atoms with Gasteiger partial charge < -0.3 is 10.1 Å². The standard InChI is InChI=1S/C19H19NO3/c1-13(21)15-5-3-7-17(10-15)20-19(22)12-23-18-9-8-14-4-2-6-16(14)11-18/h3,5,7-11H,2,4,6,12H2,1H3,(H,20,22). The van der Waals surface area contributed by atoms with Crippen LogP contribution in [0.25, 0.3) is 0 Å². The highest BCUT2D eigenvalue weighted by Crippen LogP contribution is 2.26. The second-order valence-electron chi connectivity index (χ2n) is 5.76. The number of Topliss-reactive ketones (excluding diaryl/α,β-unsaturated/α-hetero) is 1. The Morgan fingerprint density at radius 3 is 2.74 bits per heavy atom. The van der Waals surface area contributed by atoms with Crippen molar-refractivity contribution in [2.75, 3.05) is 11.9 Å². The Morgan fingerprint density at radius 1 is 1.09 bits per heavy atom. The number of hydrogen-bond donors (Lipinski definition) is 1. The van der Waals surface area contributed by atoms with Crippen LogP contribution in [0.5, 0.6) is 5.75 Å². The normalized spacial score (nSPS) is 12.6. The Labute approximate surface area is 135 Å². The molecule has 0 aromatic heterocycles. The van der Waals surface area contributed by atoms with Gasteiger partial charge in [0.1, 0.15) is 5.75 Å². The number of carbonyl (C=O) groups is 2. The fourth-order valence-electron chi connectivity index (χ4n) is 2.80. The van der Waals surface area contributed by atoms with Gasteiger partial charge >= 0.3 is 0 Å². The Balaban J connectivity index is 1.57. The van der Waals surface area contributed by atoms with Crippen molar-refractivity contribution in [1.82, 2.24) is 0 Å². The summed E-state index contributed by atoms with van der Waals surface area (Å²) < 4.78 is 5.56. The lowest BCUT2D eigenvalue weighted by atomic mass is 10.1. The highest BCUT2D eigenvalue weighted by molar-refractivity contribution is 5.97. The van der Waals surface area contributed by atoms with Gasteiger partial charge in [0, 0.05) is 11.3 Å². The molecule has 0 bridgehead atoms. The van der Waals surface area contributed by atoms with E-state index in [2.05, 4.69) is 11.4 Å². The molecule has 0 atom stereocenters. The predicted octanol–water partition coefficient (Wildman–Crippen LogP) is 3.40. The Hall–Kier alpha value is -2.62. The Kier molecular flexibility index (Phi) is 4.42. The zero-order chi connectivity index (χ0) is 16.2. The summed E-state index contributed by atoms with van der Waals surface area (Å²) in [5, 5.41) is 2.74. The van der Waals surface area contributed by atoms with E-state index >= 15 is 0 Å². The molecule has 0 spiro atoms. The van der Waals surface area contributed by atoms with Gasteiger partial charge in [-0.2, -0.15) is 0 Å². The average Bonchev–Trinajstić information content (AvgIpc) is 3.01. The highest BCUT2D eigenvalue weighted by Gasteiger charge is 2.12. The van der Waals surface area contributed by atoms with Gasteiger partial charge in [-0.1, -0.05) is 18.2 Å². The fourth-order valence-corrected chi connectivity index (χ4v) is 2.80. The first-order valence-electron chi connectivity index (χ1n) is 7.77. The van der Waals surface area contributed by atoms with Crippen LogP contribution < -0.4 is 10.1 Å². The molecule has 0 fully saturated rings. The molecule has 2 aromatic rings. The van der Waals surface area contributed by atoms with Crippen LogP contribution in [-0.2, 0) is 17.6 Å². The highest BCUT2D eigenvalue weighted by atomic mass is 16.5. The largest absolute Gasteiger partial charge is 0.484 e. The van der Waals surface area contributed by atoms with Gasteiger partial charge in [0.05, 0.1) is 0 Å². The molecule has 0 radical (unpaired) electrons. The fraction of sp³-hybridized carbons (Fsp3) is 0.263. The lowest BCUT2D eigenvalue weighted by Crippen LogP contribution is -2.20. The molecule has 1 aliphatic carbocycles. The maximum Gasteiger partial charge on any atom is 0.262 e. The summed E-state index contributed by atoms with van der Waals surface area (Å²) in [5.74, 6) is 0.444. The first kappa shape index (κ1) is 15.3. The van der Waals surface area contributed by atoms with Gasteiger partial charge in [0.2, 0.25) is 0 Å². The number of ether oxygens (including phenoxy) is 1. The molecular formula is C19H19NO3. The van der Waals surface area contributed by atoms with Crippen molar-refractivity contribution in [2.45, 2.75) is 26.2 Å². The number of hydrogen-bond acceptors (Lipinski definition) is 3. The number of rotatable bonds is 5. The third-order valence-corrected chi connectivity index (χ3v) is 3.99. The van der Waals surface area contributed by atoms with Gasteiger partial charge in [-0.3, -0.25) is 9.59 Å². The van der Waals surface area contributed by atoms with Crippen LogP contribution in [-0.4, -0.2) is 18.3 Å². The molecule has 0 heterocycles. The van der Waals surface area contributed by atoms with E-state index in [4.69, 9.17) is 4.74 Å². The maximum absolute atomic E-state index is 12.0. The van der Waals surface area contributed by atoms with Crippen molar-refractivity contribution in [1.29, 1.82) is 0 Å². The lowest BCUT2D eigenvalue weighted by molar-refractivity contribution is -0.118. The molecule has 0 saturated heterocycles. The predicted molar refractivity (Wildman–Crippen MR) is 89.0 cm³/mol. The number of nitrogens with one attached hydrogen (secondary N) is 1. The minimum Gasteiger partial charge on any atom is -0.484 e. The smallest absolute Gasteiger partial charge is 0.262 e. The number of fused-ring (bicyclic) bond motifs is 1. The summed E-state index contributed by atoms with van der Waals surface area (Å²) in [6.07, 6.45) is 3.39. The van der Waals surface area contributed by atoms with E-state index in [0.717, 1.165) is 18.6 Å². The molecular weight excluding hydrogens is 290 g/mol. The topological polar surface area (TPSA) is 55.4 Å². The molecule has 2 aromatic carbocycles. The second-order valence-corrected chi connectivity index (χ2v) is 5.76. The van der Waals surface area contributed by atoms with Gasteiger partial charge in [-0.05, 0) is 61.6 Å². The lowest BCUT2D eigenvalue weighted by Gasteiger charge is -2.09. The van der Waals surface area contributed by atoms with E-state index in [-0.39, 0.29) is 18.3 Å². The van der Waals surface area contributed by atoms with Crippen LogP contribution in [0.15, 0.2) is 42.5 Å². The Morgan fingerprint density at radius 2 is 1.91 bits per heavy atom. The number of carbonyl (C=O) groups excluding carboxylic acids is 2. The third kappa shape index (κ3) is 3.77. The molecule has 4 nitrogen and oxygen atoms in total. The molecule has 23 heavy (non-hydrogen) atoms. The molecule has 3 rings (SSSR count). The first-order valence-corrected chi connectivity index (χ1v) is 7.77. The van der Waals surface area contributed by atoms with Crippen molar-refractivity contribution < 1.29 is 14.3 Å². The van der Waals surface area contributed by atoms with Gasteiger partial charge in [-0.25, -0.2) is 0 Å². The van der Waals surface area contributed by atoms with Crippen LogP contribution in [0.1, 0.15) is 34.8 Å². The summed E-state index contributed by atoms with van der Waals surface area (Å²) in [7, 11) is 0. The van der Waals surface area contributed by atoms with E-state index in [0.29, 0.717) is 11.3 Å².